The molecule has 1 heterocycles. The van der Waals surface area contributed by atoms with Crippen LogP contribution in [-0.2, 0) is 11.2 Å². The summed E-state index contributed by atoms with van der Waals surface area (Å²) < 4.78 is 0. The van der Waals surface area contributed by atoms with Gasteiger partial charge in [-0.15, -0.1) is 0 Å². The summed E-state index contributed by atoms with van der Waals surface area (Å²) in [5.41, 5.74) is 2.59. The van der Waals surface area contributed by atoms with Crippen molar-refractivity contribution in [2.24, 2.45) is 5.92 Å². The number of benzene rings is 2. The van der Waals surface area contributed by atoms with Crippen LogP contribution in [0.4, 0.5) is 5.69 Å². The molecule has 0 saturated carbocycles. The van der Waals surface area contributed by atoms with Crippen LogP contribution in [0.5, 0.6) is 0 Å². The number of rotatable bonds is 7. The van der Waals surface area contributed by atoms with Crippen LogP contribution in [0.3, 0.4) is 0 Å². The topological polar surface area (TPSA) is 66.5 Å². The molecular formula is C23H26N2O3. The van der Waals surface area contributed by atoms with Gasteiger partial charge in [0.15, 0.2) is 0 Å². The van der Waals surface area contributed by atoms with E-state index in [0.717, 1.165) is 24.2 Å². The number of anilines is 1. The largest absolute Gasteiger partial charge is 0.324 e. The van der Waals surface area contributed by atoms with Crippen LogP contribution in [0.15, 0.2) is 48.5 Å². The number of hydrogen-bond donors (Lipinski definition) is 1. The highest BCUT2D eigenvalue weighted by molar-refractivity contribution is 6.23. The van der Waals surface area contributed by atoms with E-state index in [4.69, 9.17) is 0 Å². The van der Waals surface area contributed by atoms with Gasteiger partial charge in [0.2, 0.25) is 5.91 Å². The molecule has 1 atom stereocenters. The van der Waals surface area contributed by atoms with Gasteiger partial charge in [0, 0.05) is 5.69 Å². The van der Waals surface area contributed by atoms with Crippen molar-refractivity contribution in [1.82, 2.24) is 4.90 Å². The molecule has 146 valence electrons. The Labute approximate surface area is 165 Å². The summed E-state index contributed by atoms with van der Waals surface area (Å²) in [5, 5.41) is 2.87. The summed E-state index contributed by atoms with van der Waals surface area (Å²) >= 11 is 0. The molecule has 0 radical (unpaired) electrons. The predicted octanol–water partition coefficient (Wildman–Crippen LogP) is 4.29. The smallest absolute Gasteiger partial charge is 0.262 e. The van der Waals surface area contributed by atoms with E-state index in [1.54, 1.807) is 24.3 Å². The van der Waals surface area contributed by atoms with Crippen LogP contribution in [0.25, 0.3) is 0 Å². The number of nitrogens with zero attached hydrogens (tertiary/aromatic N) is 1. The van der Waals surface area contributed by atoms with Crippen molar-refractivity contribution in [2.75, 3.05) is 5.32 Å². The third kappa shape index (κ3) is 3.84. The van der Waals surface area contributed by atoms with E-state index in [2.05, 4.69) is 12.2 Å². The van der Waals surface area contributed by atoms with Crippen LogP contribution in [-0.4, -0.2) is 28.7 Å². The van der Waals surface area contributed by atoms with Crippen LogP contribution >= 0.6 is 0 Å². The molecular weight excluding hydrogens is 352 g/mol. The SMILES string of the molecule is CCCCc1ccc(NC(=O)[C@H](C(C)C)N2C(=O)c3ccccc3C2=O)cc1. The minimum Gasteiger partial charge on any atom is -0.324 e. The molecule has 3 rings (SSSR count). The van der Waals surface area contributed by atoms with Gasteiger partial charge in [-0.1, -0.05) is 51.5 Å². The zero-order valence-corrected chi connectivity index (χ0v) is 16.6. The minimum atomic E-state index is -0.868. The Morgan fingerprint density at radius 3 is 2.04 bits per heavy atom. The van der Waals surface area contributed by atoms with Crippen molar-refractivity contribution < 1.29 is 14.4 Å². The molecule has 3 amide bonds. The molecule has 5 heteroatoms. The maximum absolute atomic E-state index is 13.0. The van der Waals surface area contributed by atoms with Gasteiger partial charge in [0.05, 0.1) is 11.1 Å². The van der Waals surface area contributed by atoms with Gasteiger partial charge in [0.1, 0.15) is 6.04 Å². The second-order valence-corrected chi connectivity index (χ2v) is 7.50. The minimum absolute atomic E-state index is 0.217. The molecule has 1 N–H and O–H groups in total. The van der Waals surface area contributed by atoms with Crippen molar-refractivity contribution in [1.29, 1.82) is 0 Å². The van der Waals surface area contributed by atoms with E-state index in [0.29, 0.717) is 16.8 Å². The Bertz CT molecular complexity index is 852. The second-order valence-electron chi connectivity index (χ2n) is 7.50. The van der Waals surface area contributed by atoms with Crippen molar-refractivity contribution in [3.05, 3.63) is 65.2 Å². The summed E-state index contributed by atoms with van der Waals surface area (Å²) in [6.07, 6.45) is 3.27. The van der Waals surface area contributed by atoms with Gasteiger partial charge < -0.3 is 5.32 Å². The van der Waals surface area contributed by atoms with E-state index in [9.17, 15) is 14.4 Å². The Morgan fingerprint density at radius 1 is 0.964 bits per heavy atom. The number of amides is 3. The average molecular weight is 378 g/mol. The van der Waals surface area contributed by atoms with Gasteiger partial charge in [0.25, 0.3) is 11.8 Å². The van der Waals surface area contributed by atoms with Crippen LogP contribution in [0, 0.1) is 5.92 Å². The third-order valence-corrected chi connectivity index (χ3v) is 5.04. The van der Waals surface area contributed by atoms with Gasteiger partial charge in [-0.05, 0) is 48.6 Å². The van der Waals surface area contributed by atoms with Crippen molar-refractivity contribution in [2.45, 2.75) is 46.1 Å². The lowest BCUT2D eigenvalue weighted by Gasteiger charge is -2.28. The monoisotopic (exact) mass is 378 g/mol. The van der Waals surface area contributed by atoms with Gasteiger partial charge >= 0.3 is 0 Å². The summed E-state index contributed by atoms with van der Waals surface area (Å²) in [7, 11) is 0. The first kappa shape index (κ1) is 19.8. The van der Waals surface area contributed by atoms with Gasteiger partial charge in [-0.3, -0.25) is 19.3 Å². The molecule has 1 aliphatic heterocycles. The zero-order valence-electron chi connectivity index (χ0n) is 16.6. The molecule has 0 aromatic heterocycles. The van der Waals surface area contributed by atoms with Gasteiger partial charge in [-0.25, -0.2) is 0 Å². The van der Waals surface area contributed by atoms with Crippen molar-refractivity contribution in [3.8, 4) is 0 Å². The Balaban J connectivity index is 1.78. The summed E-state index contributed by atoms with van der Waals surface area (Å²) in [5.74, 6) is -1.40. The van der Waals surface area contributed by atoms with Gasteiger partial charge in [-0.2, -0.15) is 0 Å². The van der Waals surface area contributed by atoms with E-state index >= 15 is 0 Å². The lowest BCUT2D eigenvalue weighted by molar-refractivity contribution is -0.121. The molecule has 1 aliphatic rings. The molecule has 2 aromatic carbocycles. The highest BCUT2D eigenvalue weighted by atomic mass is 16.2. The maximum Gasteiger partial charge on any atom is 0.262 e. The van der Waals surface area contributed by atoms with Crippen LogP contribution in [0.2, 0.25) is 0 Å². The molecule has 0 spiro atoms. The average Bonchev–Trinajstić information content (AvgIpc) is 2.93. The standard InChI is InChI=1S/C23H26N2O3/c1-4-5-8-16-11-13-17(14-12-16)24-21(26)20(15(2)3)25-22(27)18-9-6-7-10-19(18)23(25)28/h6-7,9-15,20H,4-5,8H2,1-3H3,(H,24,26)/t20-/m0/s1. The number of aryl methyl sites for hydroxylation is 1. The number of fused-ring (bicyclic) bond motifs is 1. The highest BCUT2D eigenvalue weighted by Crippen LogP contribution is 2.27. The lowest BCUT2D eigenvalue weighted by atomic mass is 10.0. The third-order valence-electron chi connectivity index (χ3n) is 5.04. The number of unbranched alkanes of at least 4 members (excludes halogenated alkanes) is 1. The highest BCUT2D eigenvalue weighted by Gasteiger charge is 2.43. The summed E-state index contributed by atoms with van der Waals surface area (Å²) in [6, 6.07) is 13.5. The fraction of sp³-hybridized carbons (Fsp3) is 0.348. The first-order chi connectivity index (χ1) is 13.4. The Morgan fingerprint density at radius 2 is 1.54 bits per heavy atom. The Kier molecular flexibility index (Phi) is 5.93. The number of imide groups is 1. The fourth-order valence-electron chi connectivity index (χ4n) is 3.53. The summed E-state index contributed by atoms with van der Waals surface area (Å²) in [6.45, 7) is 5.82. The molecule has 5 nitrogen and oxygen atoms in total. The first-order valence-electron chi connectivity index (χ1n) is 9.80. The van der Waals surface area contributed by atoms with Crippen LogP contribution < -0.4 is 5.32 Å². The normalized spacial score (nSPS) is 14.4. The molecule has 0 bridgehead atoms. The predicted molar refractivity (Wildman–Crippen MR) is 109 cm³/mol. The molecule has 0 fully saturated rings. The number of carbonyl (C=O) groups excluding carboxylic acids is 3. The van der Waals surface area contributed by atoms with E-state index < -0.39 is 17.9 Å². The van der Waals surface area contributed by atoms with Crippen LogP contribution in [0.1, 0.15) is 59.9 Å². The Hall–Kier alpha value is -2.95. The molecule has 0 saturated heterocycles. The molecule has 0 unspecified atom stereocenters. The molecule has 2 aromatic rings. The fourth-order valence-corrected chi connectivity index (χ4v) is 3.53. The second kappa shape index (κ2) is 8.38. The molecule has 28 heavy (non-hydrogen) atoms. The van der Waals surface area contributed by atoms with Crippen molar-refractivity contribution >= 4 is 23.4 Å². The van der Waals surface area contributed by atoms with Crippen molar-refractivity contribution in [3.63, 3.8) is 0 Å². The van der Waals surface area contributed by atoms with E-state index in [1.165, 1.54) is 5.56 Å². The number of hydrogen-bond acceptors (Lipinski definition) is 3. The summed E-state index contributed by atoms with van der Waals surface area (Å²) in [4.78, 5) is 39.6. The quantitative estimate of drug-likeness (QED) is 0.731. The number of nitrogens with one attached hydrogen (secondary N) is 1. The lowest BCUT2D eigenvalue weighted by Crippen LogP contribution is -2.50. The van der Waals surface area contributed by atoms with E-state index in [-0.39, 0.29) is 11.8 Å². The zero-order chi connectivity index (χ0) is 20.3. The maximum atomic E-state index is 13.0. The van der Waals surface area contributed by atoms with E-state index in [1.807, 2.05) is 38.1 Å². The molecule has 0 aliphatic carbocycles. The number of carbonyl (C=O) groups is 3. The first-order valence-corrected chi connectivity index (χ1v) is 9.80.